The molecule has 14 heavy (non-hydrogen) atoms. The summed E-state index contributed by atoms with van der Waals surface area (Å²) in [5, 5.41) is 0. The van der Waals surface area contributed by atoms with E-state index in [4.69, 9.17) is 5.73 Å². The number of nitrogen functional groups attached to an aromatic ring is 1. The summed E-state index contributed by atoms with van der Waals surface area (Å²) in [6.07, 6.45) is 0. The molecule has 4 heterocycles. The number of rotatable bonds is 0. The van der Waals surface area contributed by atoms with Gasteiger partial charge in [-0.1, -0.05) is 9.46 Å². The van der Waals surface area contributed by atoms with Gasteiger partial charge in [-0.2, -0.15) is 4.57 Å². The second kappa shape index (κ2) is 1.80. The molecule has 0 saturated heterocycles. The van der Waals surface area contributed by atoms with Gasteiger partial charge in [-0.15, -0.1) is 0 Å². The zero-order valence-electron chi connectivity index (χ0n) is 6.37. The van der Waals surface area contributed by atoms with Gasteiger partial charge in [0.15, 0.2) is 5.82 Å². The molecule has 3 aliphatic heterocycles. The lowest BCUT2D eigenvalue weighted by atomic mass is 10.5. The van der Waals surface area contributed by atoms with E-state index in [1.165, 1.54) is 0 Å². The average Bonchev–Trinajstić information content (AvgIpc) is 2.14. The summed E-state index contributed by atoms with van der Waals surface area (Å²) in [6.45, 7) is 0. The van der Waals surface area contributed by atoms with Gasteiger partial charge in [0, 0.05) is 0 Å². The number of hydrogen-bond donors (Lipinski definition) is 1. The molecule has 1 aromatic heterocycles. The Morgan fingerprint density at radius 3 is 2.57 bits per heavy atom. The van der Waals surface area contributed by atoms with E-state index in [0.29, 0.717) is 9.46 Å². The summed E-state index contributed by atoms with van der Waals surface area (Å²) in [7, 11) is -3.91. The molecule has 0 spiro atoms. The first-order valence-corrected chi connectivity index (χ1v) is 4.85. The number of phosphoric acid groups is 1. The van der Waals surface area contributed by atoms with Crippen LogP contribution in [0.15, 0.2) is 9.59 Å². The molecule has 0 aliphatic carbocycles. The van der Waals surface area contributed by atoms with Crippen molar-refractivity contribution in [2.45, 2.75) is 0 Å². The third-order valence-corrected chi connectivity index (χ3v) is 2.88. The normalized spacial score (nSPS) is 25.4. The minimum Gasteiger partial charge on any atom is -0.379 e. The highest BCUT2D eigenvalue weighted by molar-refractivity contribution is 7.49. The summed E-state index contributed by atoms with van der Waals surface area (Å²) in [4.78, 5) is 22.5. The molecule has 0 radical (unpaired) electrons. The third-order valence-electron chi connectivity index (χ3n) is 1.74. The van der Waals surface area contributed by atoms with Crippen LogP contribution in [0.3, 0.4) is 0 Å². The monoisotopic (exact) mass is 219 g/mol. The maximum atomic E-state index is 11.4. The predicted octanol–water partition coefficient (Wildman–Crippen LogP) is -2.04. The SMILES string of the molecule is Nc1c2c(=O)n3c(=O)n1OP(=O)(O2)O3. The van der Waals surface area contributed by atoms with Gasteiger partial charge in [0.1, 0.15) is 0 Å². The first-order chi connectivity index (χ1) is 6.52. The van der Waals surface area contributed by atoms with Crippen molar-refractivity contribution in [2.75, 3.05) is 5.73 Å². The Labute approximate surface area is 74.7 Å². The Balaban J connectivity index is 2.61. The van der Waals surface area contributed by atoms with Gasteiger partial charge in [0.2, 0.25) is 5.75 Å². The molecule has 0 saturated carbocycles. The van der Waals surface area contributed by atoms with E-state index in [2.05, 4.69) is 13.8 Å². The summed E-state index contributed by atoms with van der Waals surface area (Å²) in [5.74, 6) is -0.726. The minimum absolute atomic E-state index is 0.291. The van der Waals surface area contributed by atoms with Crippen molar-refractivity contribution in [2.24, 2.45) is 0 Å². The van der Waals surface area contributed by atoms with Gasteiger partial charge in [0.25, 0.3) is 0 Å². The maximum Gasteiger partial charge on any atom is 0.687 e. The van der Waals surface area contributed by atoms with Gasteiger partial charge in [-0.05, 0) is 0 Å². The van der Waals surface area contributed by atoms with Crippen LogP contribution in [-0.2, 0) is 4.57 Å². The van der Waals surface area contributed by atoms with E-state index in [9.17, 15) is 14.2 Å². The van der Waals surface area contributed by atoms with Gasteiger partial charge in [0.05, 0.1) is 0 Å². The minimum atomic E-state index is -3.91. The summed E-state index contributed by atoms with van der Waals surface area (Å²) < 4.78 is 25.7. The van der Waals surface area contributed by atoms with E-state index in [0.717, 1.165) is 0 Å². The smallest absolute Gasteiger partial charge is 0.379 e. The molecule has 4 bridgehead atoms. The molecule has 4 rings (SSSR count). The largest absolute Gasteiger partial charge is 0.687 e. The van der Waals surface area contributed by atoms with Crippen LogP contribution in [0.4, 0.5) is 5.82 Å². The zero-order chi connectivity index (χ0) is 10.1. The predicted molar refractivity (Wildman–Crippen MR) is 40.8 cm³/mol. The highest BCUT2D eigenvalue weighted by Gasteiger charge is 2.49. The molecular weight excluding hydrogens is 217 g/mol. The molecule has 1 aromatic rings. The summed E-state index contributed by atoms with van der Waals surface area (Å²) >= 11 is 0. The third kappa shape index (κ3) is 0.609. The van der Waals surface area contributed by atoms with Crippen molar-refractivity contribution >= 4 is 13.6 Å². The van der Waals surface area contributed by atoms with Gasteiger partial charge in [-0.25, -0.2) is 4.79 Å². The van der Waals surface area contributed by atoms with Crippen LogP contribution >= 0.6 is 7.82 Å². The van der Waals surface area contributed by atoms with E-state index in [1.54, 1.807) is 0 Å². The highest BCUT2D eigenvalue weighted by atomic mass is 31.2. The van der Waals surface area contributed by atoms with Gasteiger partial charge in [-0.3, -0.25) is 14.0 Å². The number of aromatic nitrogens is 2. The quantitative estimate of drug-likeness (QED) is 0.500. The summed E-state index contributed by atoms with van der Waals surface area (Å²) in [5.41, 5.74) is 3.47. The molecule has 9 nitrogen and oxygen atoms in total. The standard InChI is InChI=1S/C4H2N3O6P/c5-2-1-3(8)7-4(9)6(2)12-14(10,11-1)13-7/h5H2. The fourth-order valence-electron chi connectivity index (χ4n) is 1.16. The topological polar surface area (TPSA) is 115 Å². The van der Waals surface area contributed by atoms with Crippen molar-refractivity contribution < 1.29 is 18.3 Å². The Morgan fingerprint density at radius 1 is 1.21 bits per heavy atom. The van der Waals surface area contributed by atoms with Gasteiger partial charge < -0.3 is 10.3 Å². The Morgan fingerprint density at radius 2 is 1.86 bits per heavy atom. The van der Waals surface area contributed by atoms with Crippen molar-refractivity contribution in [3.63, 3.8) is 0 Å². The average molecular weight is 219 g/mol. The van der Waals surface area contributed by atoms with Crippen LogP contribution in [0.25, 0.3) is 0 Å². The lowest BCUT2D eigenvalue weighted by molar-refractivity contribution is 0.0487. The molecule has 0 fully saturated rings. The number of nitrogens with two attached hydrogens (primary N) is 1. The number of nitrogens with zero attached hydrogens (tertiary/aromatic N) is 2. The van der Waals surface area contributed by atoms with Gasteiger partial charge >= 0.3 is 19.1 Å². The van der Waals surface area contributed by atoms with E-state index >= 15 is 0 Å². The first-order valence-electron chi connectivity index (χ1n) is 3.39. The fraction of sp³-hybridized carbons (Fsp3) is 0. The molecule has 0 amide bonds. The number of anilines is 1. The molecule has 74 valence electrons. The van der Waals surface area contributed by atoms with E-state index in [1.807, 2.05) is 0 Å². The molecule has 10 heteroatoms. The van der Waals surface area contributed by atoms with Crippen molar-refractivity contribution in [3.05, 3.63) is 20.8 Å². The summed E-state index contributed by atoms with van der Waals surface area (Å²) in [6, 6.07) is 0. The first kappa shape index (κ1) is 7.51. The van der Waals surface area contributed by atoms with E-state index in [-0.39, 0.29) is 5.82 Å². The van der Waals surface area contributed by atoms with E-state index < -0.39 is 24.8 Å². The Kier molecular flexibility index (Phi) is 0.966. The Hall–Kier alpha value is -1.89. The van der Waals surface area contributed by atoms with Crippen LogP contribution in [0, 0.1) is 0 Å². The second-order valence-corrected chi connectivity index (χ2v) is 4.00. The molecule has 2 N–H and O–H groups in total. The fourth-order valence-corrected chi connectivity index (χ4v) is 2.36. The number of hydrogen-bond acceptors (Lipinski definition) is 7. The zero-order valence-corrected chi connectivity index (χ0v) is 7.26. The van der Waals surface area contributed by atoms with Crippen molar-refractivity contribution in [3.8, 4) is 5.75 Å². The molecule has 1 atom stereocenters. The van der Waals surface area contributed by atoms with Crippen LogP contribution in [0.1, 0.15) is 0 Å². The van der Waals surface area contributed by atoms with Crippen molar-refractivity contribution in [1.29, 1.82) is 0 Å². The second-order valence-electron chi connectivity index (χ2n) is 2.59. The molecular formula is C4H2N3O6P. The molecule has 3 aliphatic rings. The lowest BCUT2D eigenvalue weighted by Crippen LogP contribution is -2.54. The van der Waals surface area contributed by atoms with Crippen LogP contribution in [0.2, 0.25) is 0 Å². The molecule has 0 aromatic carbocycles. The Bertz CT molecular complexity index is 567. The van der Waals surface area contributed by atoms with Crippen LogP contribution < -0.4 is 30.8 Å². The lowest BCUT2D eigenvalue weighted by Gasteiger charge is -2.29. The molecule has 1 unspecified atom stereocenters. The van der Waals surface area contributed by atoms with Crippen molar-refractivity contribution in [1.82, 2.24) is 9.46 Å². The van der Waals surface area contributed by atoms with Crippen LogP contribution in [0.5, 0.6) is 5.75 Å². The maximum absolute atomic E-state index is 11.4. The highest BCUT2D eigenvalue weighted by Crippen LogP contribution is 2.48. The van der Waals surface area contributed by atoms with Crippen LogP contribution in [-0.4, -0.2) is 9.46 Å².